The van der Waals surface area contributed by atoms with Crippen LogP contribution in [0.4, 0.5) is 0 Å². The van der Waals surface area contributed by atoms with Crippen molar-refractivity contribution >= 4 is 17.8 Å². The van der Waals surface area contributed by atoms with Crippen molar-refractivity contribution in [3.63, 3.8) is 0 Å². The molecule has 108 valence electrons. The minimum absolute atomic E-state index is 0.148. The Morgan fingerprint density at radius 3 is 2.47 bits per heavy atom. The number of carboxylic acid groups (broad SMARTS) is 2. The van der Waals surface area contributed by atoms with E-state index in [1.807, 2.05) is 6.92 Å². The number of carboxylic acids is 2. The number of carbonyl (C=O) groups is 3. The molecule has 7 nitrogen and oxygen atoms in total. The summed E-state index contributed by atoms with van der Waals surface area (Å²) < 4.78 is 0. The van der Waals surface area contributed by atoms with E-state index in [2.05, 4.69) is 5.32 Å². The third-order valence-corrected chi connectivity index (χ3v) is 3.40. The van der Waals surface area contributed by atoms with Gasteiger partial charge >= 0.3 is 11.9 Å². The Labute approximate surface area is 111 Å². The molecule has 0 aromatic rings. The van der Waals surface area contributed by atoms with E-state index >= 15 is 0 Å². The van der Waals surface area contributed by atoms with Gasteiger partial charge in [0.15, 0.2) is 0 Å². The fraction of sp³-hybridized carbons (Fsp3) is 0.750. The zero-order valence-corrected chi connectivity index (χ0v) is 11.0. The SMILES string of the molecule is CCC[C@@]1(C(=O)O)CCCN1C(=O)CNCC(=O)O. The summed E-state index contributed by atoms with van der Waals surface area (Å²) in [7, 11) is 0. The monoisotopic (exact) mass is 272 g/mol. The van der Waals surface area contributed by atoms with E-state index in [-0.39, 0.29) is 19.0 Å². The molecule has 0 bridgehead atoms. The van der Waals surface area contributed by atoms with Crippen LogP contribution in [0.5, 0.6) is 0 Å². The van der Waals surface area contributed by atoms with Crippen molar-refractivity contribution in [2.75, 3.05) is 19.6 Å². The van der Waals surface area contributed by atoms with Crippen molar-refractivity contribution in [3.05, 3.63) is 0 Å². The molecule has 1 aliphatic heterocycles. The molecule has 1 rings (SSSR count). The summed E-state index contributed by atoms with van der Waals surface area (Å²) in [6.45, 7) is 1.84. The molecular weight excluding hydrogens is 252 g/mol. The molecule has 1 amide bonds. The topological polar surface area (TPSA) is 107 Å². The minimum atomic E-state index is -1.11. The first-order chi connectivity index (χ1) is 8.94. The fourth-order valence-electron chi connectivity index (χ4n) is 2.62. The molecule has 1 saturated heterocycles. The molecule has 1 heterocycles. The number of nitrogens with one attached hydrogen (secondary N) is 1. The normalized spacial score (nSPS) is 22.5. The van der Waals surface area contributed by atoms with Gasteiger partial charge in [0.1, 0.15) is 5.54 Å². The van der Waals surface area contributed by atoms with Gasteiger partial charge in [-0.3, -0.25) is 14.9 Å². The second-order valence-corrected chi connectivity index (χ2v) is 4.73. The smallest absolute Gasteiger partial charge is 0.329 e. The summed E-state index contributed by atoms with van der Waals surface area (Å²) in [5.41, 5.74) is -1.11. The molecule has 0 unspecified atom stereocenters. The van der Waals surface area contributed by atoms with Crippen LogP contribution >= 0.6 is 0 Å². The van der Waals surface area contributed by atoms with E-state index in [0.29, 0.717) is 32.2 Å². The van der Waals surface area contributed by atoms with Crippen molar-refractivity contribution in [1.82, 2.24) is 10.2 Å². The van der Waals surface area contributed by atoms with Gasteiger partial charge in [-0.2, -0.15) is 0 Å². The minimum Gasteiger partial charge on any atom is -0.480 e. The Kier molecular flexibility index (Phi) is 5.29. The number of amides is 1. The van der Waals surface area contributed by atoms with Crippen LogP contribution in [0.15, 0.2) is 0 Å². The Morgan fingerprint density at radius 2 is 1.95 bits per heavy atom. The summed E-state index contributed by atoms with van der Waals surface area (Å²) in [5, 5.41) is 20.4. The quantitative estimate of drug-likeness (QED) is 0.598. The summed E-state index contributed by atoms with van der Waals surface area (Å²) >= 11 is 0. The molecular formula is C12H20N2O5. The van der Waals surface area contributed by atoms with E-state index in [1.54, 1.807) is 0 Å². The molecule has 0 radical (unpaired) electrons. The summed E-state index contributed by atoms with van der Waals surface area (Å²) in [4.78, 5) is 35.3. The second kappa shape index (κ2) is 6.51. The Balaban J connectivity index is 2.70. The zero-order valence-electron chi connectivity index (χ0n) is 11.0. The number of hydrogen-bond acceptors (Lipinski definition) is 4. The molecule has 19 heavy (non-hydrogen) atoms. The van der Waals surface area contributed by atoms with Gasteiger partial charge in [0.2, 0.25) is 5.91 Å². The van der Waals surface area contributed by atoms with Crippen LogP contribution in [0.2, 0.25) is 0 Å². The molecule has 1 fully saturated rings. The predicted molar refractivity (Wildman–Crippen MR) is 66.7 cm³/mol. The van der Waals surface area contributed by atoms with Gasteiger partial charge in [0, 0.05) is 6.54 Å². The highest BCUT2D eigenvalue weighted by molar-refractivity contribution is 5.88. The maximum Gasteiger partial charge on any atom is 0.329 e. The van der Waals surface area contributed by atoms with Crippen LogP contribution in [-0.4, -0.2) is 58.1 Å². The van der Waals surface area contributed by atoms with Gasteiger partial charge < -0.3 is 15.1 Å². The average Bonchev–Trinajstić information content (AvgIpc) is 2.74. The van der Waals surface area contributed by atoms with Crippen LogP contribution in [0, 0.1) is 0 Å². The lowest BCUT2D eigenvalue weighted by Gasteiger charge is -2.34. The van der Waals surface area contributed by atoms with Crippen molar-refractivity contribution in [2.24, 2.45) is 0 Å². The van der Waals surface area contributed by atoms with Crippen LogP contribution in [-0.2, 0) is 14.4 Å². The number of nitrogens with zero attached hydrogens (tertiary/aromatic N) is 1. The molecule has 1 aliphatic rings. The lowest BCUT2D eigenvalue weighted by Crippen LogP contribution is -2.55. The maximum atomic E-state index is 12.0. The molecule has 0 aromatic heterocycles. The van der Waals surface area contributed by atoms with E-state index in [4.69, 9.17) is 5.11 Å². The highest BCUT2D eigenvalue weighted by atomic mass is 16.4. The van der Waals surface area contributed by atoms with Crippen LogP contribution < -0.4 is 5.32 Å². The maximum absolute atomic E-state index is 12.0. The molecule has 0 aliphatic carbocycles. The number of aliphatic carboxylic acids is 2. The van der Waals surface area contributed by atoms with Gasteiger partial charge in [0.25, 0.3) is 0 Å². The van der Waals surface area contributed by atoms with Crippen molar-refractivity contribution in [1.29, 1.82) is 0 Å². The van der Waals surface area contributed by atoms with Crippen molar-refractivity contribution in [2.45, 2.75) is 38.1 Å². The molecule has 0 aromatic carbocycles. The second-order valence-electron chi connectivity index (χ2n) is 4.73. The first-order valence-corrected chi connectivity index (χ1v) is 6.40. The highest BCUT2D eigenvalue weighted by Gasteiger charge is 2.48. The summed E-state index contributed by atoms with van der Waals surface area (Å²) in [5.74, 6) is -2.37. The van der Waals surface area contributed by atoms with Crippen LogP contribution in [0.25, 0.3) is 0 Å². The van der Waals surface area contributed by atoms with Crippen molar-refractivity contribution < 1.29 is 24.6 Å². The summed E-state index contributed by atoms with van der Waals surface area (Å²) in [6, 6.07) is 0. The van der Waals surface area contributed by atoms with E-state index in [1.165, 1.54) is 4.90 Å². The summed E-state index contributed by atoms with van der Waals surface area (Å²) in [6.07, 6.45) is 2.23. The fourth-order valence-corrected chi connectivity index (χ4v) is 2.62. The third kappa shape index (κ3) is 3.44. The molecule has 0 saturated carbocycles. The van der Waals surface area contributed by atoms with Gasteiger partial charge in [-0.15, -0.1) is 0 Å². The molecule has 0 spiro atoms. The molecule has 1 atom stereocenters. The van der Waals surface area contributed by atoms with Gasteiger partial charge in [0.05, 0.1) is 13.1 Å². The largest absolute Gasteiger partial charge is 0.480 e. The third-order valence-electron chi connectivity index (χ3n) is 3.40. The van der Waals surface area contributed by atoms with Gasteiger partial charge in [-0.1, -0.05) is 13.3 Å². The van der Waals surface area contributed by atoms with Crippen LogP contribution in [0.1, 0.15) is 32.6 Å². The van der Waals surface area contributed by atoms with Crippen LogP contribution in [0.3, 0.4) is 0 Å². The number of likely N-dealkylation sites (tertiary alicyclic amines) is 1. The number of carbonyl (C=O) groups excluding carboxylic acids is 1. The lowest BCUT2D eigenvalue weighted by atomic mass is 9.90. The predicted octanol–water partition coefficient (Wildman–Crippen LogP) is -0.0935. The van der Waals surface area contributed by atoms with E-state index in [9.17, 15) is 19.5 Å². The standard InChI is InChI=1S/C12H20N2O5/c1-2-4-12(11(18)19)5-3-6-14(12)9(15)7-13-8-10(16)17/h13H,2-8H2,1H3,(H,16,17)(H,18,19)/t12-/m0/s1. The first kappa shape index (κ1) is 15.4. The molecule has 3 N–H and O–H groups in total. The Bertz CT molecular complexity index is 371. The van der Waals surface area contributed by atoms with Crippen molar-refractivity contribution in [3.8, 4) is 0 Å². The average molecular weight is 272 g/mol. The number of rotatable bonds is 7. The van der Waals surface area contributed by atoms with E-state index < -0.39 is 17.5 Å². The Morgan fingerprint density at radius 1 is 1.26 bits per heavy atom. The lowest BCUT2D eigenvalue weighted by molar-refractivity contribution is -0.156. The van der Waals surface area contributed by atoms with Gasteiger partial charge in [-0.05, 0) is 19.3 Å². The zero-order chi connectivity index (χ0) is 14.5. The first-order valence-electron chi connectivity index (χ1n) is 6.40. The highest BCUT2D eigenvalue weighted by Crippen LogP contribution is 2.33. The number of hydrogen-bond donors (Lipinski definition) is 3. The molecule has 7 heteroatoms. The van der Waals surface area contributed by atoms with Gasteiger partial charge in [-0.25, -0.2) is 4.79 Å². The van der Waals surface area contributed by atoms with E-state index in [0.717, 1.165) is 0 Å². The Hall–Kier alpha value is -1.63.